The fraction of sp³-hybridized carbons (Fsp3) is 0.553. The number of benzene rings is 2. The van der Waals surface area contributed by atoms with Crippen LogP contribution in [-0.4, -0.2) is 259 Å². The van der Waals surface area contributed by atoms with Crippen molar-refractivity contribution in [2.45, 2.75) is 222 Å². The molecule has 44 heteroatoms. The molecule has 3 aromatic rings. The predicted octanol–water partition coefficient (Wildman–Crippen LogP) is -4.11. The van der Waals surface area contributed by atoms with E-state index >= 15 is 0 Å². The molecule has 13 atom stereocenters. The number of aliphatic carboxylic acids is 4. The number of carbonyl (C=O) groups excluding carboxylic acids is 16. The van der Waals surface area contributed by atoms with Gasteiger partial charge in [0.05, 0.1) is 57.6 Å². The molecule has 13 unspecified atom stereocenters. The van der Waals surface area contributed by atoms with Gasteiger partial charge in [-0.3, -0.25) is 91.1 Å². The first-order valence-electron chi connectivity index (χ1n) is 38.9. The third kappa shape index (κ3) is 35.5. The molecule has 1 aliphatic rings. The molecule has 14 amide bonds. The number of carboxylic acids is 4. The zero-order valence-corrected chi connectivity index (χ0v) is 67.6. The molecule has 4 rings (SSSR count). The molecule has 2 heterocycles. The van der Waals surface area contributed by atoms with Gasteiger partial charge >= 0.3 is 29.8 Å². The number of esters is 1. The molecule has 25 N–H and O–H groups in total. The lowest BCUT2D eigenvalue weighted by Gasteiger charge is -2.30. The van der Waals surface area contributed by atoms with Gasteiger partial charge in [-0.1, -0.05) is 102 Å². The quantitative estimate of drug-likeness (QED) is 0.0111. The number of thioether (sulfide) groups is 1. The lowest BCUT2D eigenvalue weighted by Crippen LogP contribution is -2.62. The first-order valence-corrected chi connectivity index (χ1v) is 40.1. The van der Waals surface area contributed by atoms with Crippen molar-refractivity contribution < 1.29 is 126 Å². The number of Topliss-reactive ketones (excluding diaryl/α,β-unsaturated/α-hetero) is 1. The number of hydrogen-bond acceptors (Lipinski definition) is 25. The minimum Gasteiger partial charge on any atom is -0.481 e. The van der Waals surface area contributed by atoms with Gasteiger partial charge in [0.1, 0.15) is 72.6 Å². The highest BCUT2D eigenvalue weighted by molar-refractivity contribution is 7.99. The number of unbranched alkanes of at least 4 members (excludes halogenated alkanes) is 9. The van der Waals surface area contributed by atoms with Crippen LogP contribution in [0.3, 0.4) is 0 Å². The number of cyclic esters (lactones) is 1. The number of nitrogen functional groups attached to an aromatic ring is 1. The molecule has 1 fully saturated rings. The summed E-state index contributed by atoms with van der Waals surface area (Å²) in [6.07, 6.45) is 2.58. The highest BCUT2D eigenvalue weighted by Gasteiger charge is 2.41. The number of rotatable bonds is 40. The van der Waals surface area contributed by atoms with Gasteiger partial charge in [-0.25, -0.2) is 4.79 Å². The molecule has 660 valence electrons. The number of aromatic nitrogens is 1. The van der Waals surface area contributed by atoms with Gasteiger partial charge in [0, 0.05) is 41.2 Å². The van der Waals surface area contributed by atoms with E-state index in [0.29, 0.717) is 22.2 Å². The molecule has 1 aromatic heterocycles. The van der Waals surface area contributed by atoms with Crippen LogP contribution in [-0.2, 0) is 102 Å². The summed E-state index contributed by atoms with van der Waals surface area (Å²) in [5.74, 6) is -29.3. The smallest absolute Gasteiger partial charge is 0.329 e. The predicted molar refractivity (Wildman–Crippen MR) is 427 cm³/mol. The molecule has 0 aliphatic carbocycles. The third-order valence-corrected chi connectivity index (χ3v) is 19.8. The average Bonchev–Trinajstić information content (AvgIpc) is 1.76. The molecular weight excluding hydrogens is 1600 g/mol. The maximum absolute atomic E-state index is 14.9. The number of anilines is 1. The Morgan fingerprint density at radius 3 is 1.68 bits per heavy atom. The Morgan fingerprint density at radius 2 is 1.08 bits per heavy atom. The highest BCUT2D eigenvalue weighted by atomic mass is 32.2. The number of carbonyl (C=O) groups is 20. The zero-order valence-electron chi connectivity index (χ0n) is 66.8. The normalized spacial score (nSPS) is 20.8. The van der Waals surface area contributed by atoms with E-state index in [0.717, 1.165) is 65.7 Å². The number of fused-ring (bicyclic) bond motifs is 1. The second-order valence-corrected chi connectivity index (χ2v) is 29.7. The number of primary amides is 1. The van der Waals surface area contributed by atoms with Crippen molar-refractivity contribution in [3.63, 3.8) is 0 Å². The van der Waals surface area contributed by atoms with Crippen LogP contribution >= 0.6 is 11.8 Å². The monoisotopic (exact) mass is 1710 g/mol. The van der Waals surface area contributed by atoms with Crippen LogP contribution in [0.5, 0.6) is 0 Å². The number of ketones is 1. The van der Waals surface area contributed by atoms with Crippen molar-refractivity contribution in [3.05, 3.63) is 65.9 Å². The molecule has 1 saturated heterocycles. The van der Waals surface area contributed by atoms with Crippen LogP contribution in [0.15, 0.2) is 54.7 Å². The second-order valence-electron chi connectivity index (χ2n) is 28.6. The van der Waals surface area contributed by atoms with E-state index in [9.17, 15) is 121 Å². The van der Waals surface area contributed by atoms with Gasteiger partial charge in [0.25, 0.3) is 0 Å². The van der Waals surface area contributed by atoms with Gasteiger partial charge in [0.2, 0.25) is 82.7 Å². The van der Waals surface area contributed by atoms with Crippen LogP contribution in [0.25, 0.3) is 10.9 Å². The number of H-pyrrole nitrogens is 1. The van der Waals surface area contributed by atoms with E-state index in [-0.39, 0.29) is 36.4 Å². The molecule has 0 saturated carbocycles. The number of aliphatic hydroxyl groups excluding tert-OH is 1. The summed E-state index contributed by atoms with van der Waals surface area (Å²) in [6, 6.07) is -10.6. The molecule has 2 aromatic carbocycles. The number of hydrogen-bond donors (Lipinski definition) is 22. The number of aromatic amines is 1. The first-order chi connectivity index (χ1) is 56.9. The molecule has 0 spiro atoms. The standard InChI is InChI=1S/C76H109N17O26S/c1-5-6-7-8-9-10-11-12-13-18-26-120-38-59(99)85-48(28-42-34-80-46-23-17-15-20-43(42)46)70(112)88-49(30-56(79)96)71(113)90-52(33-63(106)107)72(114)93-65-41(4)119-76(118)53(29-55(95)44-21-14-16-22-45(44)78)91-75(117)64(39(2)27-60(100)101)92-73(115)54(37-94)86-58(98)35-81-67(109)50(31-61(102)103)87-66(108)40(3)83-69(111)51(32-62(104)105)89-68(110)47(24-19-25-77)84-57(97)36-82-74(65)116/h14-17,20-23,34,39-41,47-54,64-65,80,94H,5-13,18-19,24-33,35-38,77-78H2,1-4H3,(H2,79,96)(H,81,109)(H,82,116)(H,83,111)(H,84,97)(H,85,99)(H,86,98)(H,87,108)(H,88,112)(H,89,110)(H,90,113)(H,91,117)(H,92,115)(H,93,114)(H,100,101)(H,102,103)(H,104,105)(H,106,107). The van der Waals surface area contributed by atoms with Crippen molar-refractivity contribution in [1.82, 2.24) is 74.1 Å². The summed E-state index contributed by atoms with van der Waals surface area (Å²) >= 11 is 1.32. The van der Waals surface area contributed by atoms with Gasteiger partial charge < -0.3 is 122 Å². The molecule has 0 radical (unpaired) electrons. The van der Waals surface area contributed by atoms with Crippen molar-refractivity contribution >= 4 is 147 Å². The minimum atomic E-state index is -2.45. The Balaban J connectivity index is 1.84. The van der Waals surface area contributed by atoms with Crippen molar-refractivity contribution in [1.29, 1.82) is 0 Å². The lowest BCUT2D eigenvalue weighted by molar-refractivity contribution is -0.156. The Bertz CT molecular complexity index is 4150. The Morgan fingerprint density at radius 1 is 0.550 bits per heavy atom. The number of para-hydroxylation sites is 2. The SMILES string of the molecule is CCCCCCCCCCCCSCC(=O)NC(Cc1c[nH]c2ccccc12)C(=O)NC(CC(N)=O)C(=O)NC(CC(=O)O)C(=O)NC1C(=O)NCC(=O)NC(CCCN)C(=O)NC(CC(=O)O)C(=O)NC(C)C(=O)NC(CC(=O)O)C(=O)NCC(=O)NC(CO)C(=O)NC(C(C)CC(=O)O)C(=O)NC(CC(=O)c2ccccc2N)C(=O)OC1C. The Kier molecular flexibility index (Phi) is 43.1. The maximum Gasteiger partial charge on any atom is 0.329 e. The summed E-state index contributed by atoms with van der Waals surface area (Å²) in [4.78, 5) is 277. The van der Waals surface area contributed by atoms with Crippen LogP contribution in [0.2, 0.25) is 0 Å². The topological polar surface area (TPSA) is 702 Å². The summed E-state index contributed by atoms with van der Waals surface area (Å²) < 4.78 is 5.69. The summed E-state index contributed by atoms with van der Waals surface area (Å²) in [5.41, 5.74) is 18.1. The number of aliphatic hydroxyl groups is 1. The van der Waals surface area contributed by atoms with Gasteiger partial charge in [-0.15, -0.1) is 0 Å². The van der Waals surface area contributed by atoms with Crippen LogP contribution in [0.4, 0.5) is 5.69 Å². The van der Waals surface area contributed by atoms with Crippen LogP contribution in [0, 0.1) is 5.92 Å². The van der Waals surface area contributed by atoms with Crippen molar-refractivity contribution in [3.8, 4) is 0 Å². The van der Waals surface area contributed by atoms with E-state index < -0.39 is 261 Å². The van der Waals surface area contributed by atoms with E-state index in [4.69, 9.17) is 21.9 Å². The minimum absolute atomic E-state index is 0.0941. The van der Waals surface area contributed by atoms with E-state index in [1.807, 2.05) is 16.0 Å². The fourth-order valence-electron chi connectivity index (χ4n) is 12.3. The Labute approximate surface area is 693 Å². The molecular formula is C76H109N17O26S. The van der Waals surface area contributed by atoms with Crippen LogP contribution in [0.1, 0.15) is 159 Å². The largest absolute Gasteiger partial charge is 0.481 e. The first kappa shape index (κ1) is 100. The number of ether oxygens (including phenoxy) is 1. The average molecular weight is 1710 g/mol. The van der Waals surface area contributed by atoms with Crippen LogP contribution < -0.4 is 86.3 Å². The molecule has 0 bridgehead atoms. The summed E-state index contributed by atoms with van der Waals surface area (Å²) in [7, 11) is 0. The van der Waals surface area contributed by atoms with E-state index in [2.05, 4.69) is 65.1 Å². The van der Waals surface area contributed by atoms with E-state index in [1.165, 1.54) is 55.3 Å². The van der Waals surface area contributed by atoms with Gasteiger partial charge in [-0.2, -0.15) is 11.8 Å². The zero-order chi connectivity index (χ0) is 89.3. The fourth-order valence-corrected chi connectivity index (χ4v) is 13.1. The number of nitrogens with one attached hydrogen (secondary N) is 14. The molecule has 1 aliphatic heterocycles. The number of carboxylic acid groups (broad SMARTS) is 4. The van der Waals surface area contributed by atoms with Crippen molar-refractivity contribution in [2.75, 3.05) is 43.5 Å². The number of nitrogens with two attached hydrogens (primary N) is 3. The summed E-state index contributed by atoms with van der Waals surface area (Å²) in [6.45, 7) is 1.21. The second kappa shape index (κ2) is 51.8. The molecule has 120 heavy (non-hydrogen) atoms. The van der Waals surface area contributed by atoms with Crippen molar-refractivity contribution in [2.24, 2.45) is 17.4 Å². The summed E-state index contributed by atoms with van der Waals surface area (Å²) in [5, 5.41) is 78.8. The number of amides is 14. The highest BCUT2D eigenvalue weighted by Crippen LogP contribution is 2.22. The van der Waals surface area contributed by atoms with Gasteiger partial charge in [-0.05, 0) is 75.1 Å². The van der Waals surface area contributed by atoms with Gasteiger partial charge in [0.15, 0.2) is 5.78 Å². The third-order valence-electron chi connectivity index (χ3n) is 18.7. The maximum atomic E-state index is 14.9. The lowest BCUT2D eigenvalue weighted by atomic mass is 9.96. The van der Waals surface area contributed by atoms with E-state index in [1.54, 1.807) is 30.5 Å². The molecule has 43 nitrogen and oxygen atoms in total. The Hall–Kier alpha value is -12.4.